The SMILES string of the molecule is COC(=O)CC(Br)C(=O)Nc1c(O)c2c(c(N(C)C)c1Cl)CC1CC3[C@H](N(C)C)C(O)=C(C(N)=O)C(=O)[C@@]3(O)C(O)=C1C2=O. The van der Waals surface area contributed by atoms with Gasteiger partial charge in [-0.1, -0.05) is 27.5 Å². The number of halogens is 2. The number of carbonyl (C=O) groups excluding carboxylic acids is 5. The van der Waals surface area contributed by atoms with E-state index in [2.05, 4.69) is 26.0 Å². The minimum atomic E-state index is -2.80. The Morgan fingerprint density at radius 2 is 1.80 bits per heavy atom. The number of primary amides is 1. The van der Waals surface area contributed by atoms with Gasteiger partial charge in [-0.2, -0.15) is 0 Å². The molecule has 14 nitrogen and oxygen atoms in total. The molecular formula is C28H32BrClN4O10. The number of amides is 2. The molecule has 3 aliphatic rings. The molecule has 44 heavy (non-hydrogen) atoms. The fraction of sp³-hybridized carbons (Fsp3) is 0.464. The van der Waals surface area contributed by atoms with Gasteiger partial charge in [0.1, 0.15) is 27.6 Å². The van der Waals surface area contributed by atoms with Crippen LogP contribution in [0.2, 0.25) is 5.02 Å². The molecule has 0 radical (unpaired) electrons. The van der Waals surface area contributed by atoms with Crippen molar-refractivity contribution in [2.75, 3.05) is 45.5 Å². The Labute approximate surface area is 265 Å². The van der Waals surface area contributed by atoms with Crippen molar-refractivity contribution in [3.05, 3.63) is 38.8 Å². The van der Waals surface area contributed by atoms with Gasteiger partial charge in [0.2, 0.25) is 11.7 Å². The number of rotatable bonds is 7. The summed E-state index contributed by atoms with van der Waals surface area (Å²) in [6, 6.07) is -1.13. The molecule has 3 aliphatic carbocycles. The average Bonchev–Trinajstić information content (AvgIpc) is 2.92. The van der Waals surface area contributed by atoms with Gasteiger partial charge in [-0.25, -0.2) is 0 Å². The van der Waals surface area contributed by atoms with Crippen LogP contribution >= 0.6 is 27.5 Å². The lowest BCUT2D eigenvalue weighted by atomic mass is 9.58. The predicted octanol–water partition coefficient (Wildman–Crippen LogP) is 1.11. The Balaban J connectivity index is 1.92. The number of benzene rings is 1. The van der Waals surface area contributed by atoms with Gasteiger partial charge in [0.15, 0.2) is 17.1 Å². The lowest BCUT2D eigenvalue weighted by Gasteiger charge is -2.50. The number of Topliss-reactive ketones (excluding diaryl/α,β-unsaturated/α-hetero) is 2. The van der Waals surface area contributed by atoms with Crippen molar-refractivity contribution in [2.45, 2.75) is 35.7 Å². The van der Waals surface area contributed by atoms with Crippen molar-refractivity contribution in [3.8, 4) is 5.75 Å². The van der Waals surface area contributed by atoms with Gasteiger partial charge in [-0.3, -0.25) is 28.9 Å². The van der Waals surface area contributed by atoms with Gasteiger partial charge in [0, 0.05) is 25.6 Å². The van der Waals surface area contributed by atoms with Gasteiger partial charge in [-0.05, 0) is 38.4 Å². The molecule has 1 aromatic carbocycles. The highest BCUT2D eigenvalue weighted by atomic mass is 79.9. The van der Waals surface area contributed by atoms with Crippen LogP contribution in [0.1, 0.15) is 28.8 Å². The summed E-state index contributed by atoms with van der Waals surface area (Å²) >= 11 is 9.77. The molecular weight excluding hydrogens is 668 g/mol. The number of nitrogens with two attached hydrogens (primary N) is 1. The summed E-state index contributed by atoms with van der Waals surface area (Å²) in [7, 11) is 7.47. The number of nitrogens with one attached hydrogen (secondary N) is 1. The number of phenolic OH excluding ortho intramolecular Hbond substituents is 1. The first-order chi connectivity index (χ1) is 20.4. The number of alkyl halides is 1. The number of hydrogen-bond donors (Lipinski definition) is 6. The Morgan fingerprint density at radius 1 is 1.18 bits per heavy atom. The maximum atomic E-state index is 14.1. The average molecular weight is 700 g/mol. The number of ketones is 2. The highest BCUT2D eigenvalue weighted by Crippen LogP contribution is 2.55. The third-order valence-electron chi connectivity index (χ3n) is 8.36. The summed E-state index contributed by atoms with van der Waals surface area (Å²) in [5, 5.41) is 47.9. The molecule has 0 aliphatic heterocycles. The molecule has 0 saturated carbocycles. The van der Waals surface area contributed by atoms with E-state index < -0.39 is 80.5 Å². The maximum absolute atomic E-state index is 14.1. The number of methoxy groups -OCH3 is 1. The van der Waals surface area contributed by atoms with E-state index in [1.165, 1.54) is 19.0 Å². The molecule has 0 spiro atoms. The molecule has 238 valence electrons. The number of esters is 1. The monoisotopic (exact) mass is 698 g/mol. The van der Waals surface area contributed by atoms with Gasteiger partial charge in [0.05, 0.1) is 35.8 Å². The summed E-state index contributed by atoms with van der Waals surface area (Å²) in [4.78, 5) is 66.3. The van der Waals surface area contributed by atoms with Crippen LogP contribution in [-0.2, 0) is 30.3 Å². The van der Waals surface area contributed by atoms with E-state index in [-0.39, 0.29) is 52.4 Å². The molecule has 0 bridgehead atoms. The fourth-order valence-electron chi connectivity index (χ4n) is 6.44. The number of hydrogen-bond acceptors (Lipinski definition) is 12. The van der Waals surface area contributed by atoms with Crippen LogP contribution in [-0.4, -0.2) is 106 Å². The van der Waals surface area contributed by atoms with Crippen molar-refractivity contribution in [2.24, 2.45) is 17.6 Å². The van der Waals surface area contributed by atoms with E-state index >= 15 is 0 Å². The normalized spacial score (nSPS) is 25.2. The van der Waals surface area contributed by atoms with Crippen LogP contribution in [0.3, 0.4) is 0 Å². The lowest BCUT2D eigenvalue weighted by Crippen LogP contribution is -2.63. The minimum absolute atomic E-state index is 0.00698. The number of fused-ring (bicyclic) bond motifs is 3. The Kier molecular flexibility index (Phi) is 8.83. The molecule has 16 heteroatoms. The van der Waals surface area contributed by atoms with Gasteiger partial charge >= 0.3 is 5.97 Å². The van der Waals surface area contributed by atoms with Crippen molar-refractivity contribution in [1.29, 1.82) is 0 Å². The third kappa shape index (κ3) is 4.91. The van der Waals surface area contributed by atoms with Crippen LogP contribution in [0.25, 0.3) is 0 Å². The summed E-state index contributed by atoms with van der Waals surface area (Å²) in [5.74, 6) is -9.56. The first-order valence-electron chi connectivity index (χ1n) is 13.3. The smallest absolute Gasteiger partial charge is 0.307 e. The van der Waals surface area contributed by atoms with Crippen LogP contribution in [0, 0.1) is 11.8 Å². The summed E-state index contributed by atoms with van der Waals surface area (Å²) < 4.78 is 4.57. The van der Waals surface area contributed by atoms with E-state index in [0.717, 1.165) is 7.11 Å². The predicted molar refractivity (Wildman–Crippen MR) is 161 cm³/mol. The van der Waals surface area contributed by atoms with Crippen molar-refractivity contribution >= 4 is 68.3 Å². The molecule has 7 N–H and O–H groups in total. The highest BCUT2D eigenvalue weighted by Gasteiger charge is 2.63. The quantitative estimate of drug-likeness (QED) is 0.102. The first kappa shape index (κ1) is 33.2. The zero-order valence-corrected chi connectivity index (χ0v) is 26.7. The highest BCUT2D eigenvalue weighted by molar-refractivity contribution is 9.10. The largest absolute Gasteiger partial charge is 0.510 e. The Morgan fingerprint density at radius 3 is 2.32 bits per heavy atom. The minimum Gasteiger partial charge on any atom is -0.510 e. The first-order valence-corrected chi connectivity index (χ1v) is 14.6. The van der Waals surface area contributed by atoms with Crippen LogP contribution in [0.5, 0.6) is 5.75 Å². The van der Waals surface area contributed by atoms with Gasteiger partial charge in [-0.15, -0.1) is 0 Å². The molecule has 4 rings (SSSR count). The third-order valence-corrected chi connectivity index (χ3v) is 9.46. The van der Waals surface area contributed by atoms with E-state index in [1.807, 2.05) is 0 Å². The molecule has 2 amide bonds. The molecule has 0 saturated heterocycles. The van der Waals surface area contributed by atoms with E-state index in [4.69, 9.17) is 17.3 Å². The number of nitrogens with zero attached hydrogens (tertiary/aromatic N) is 2. The van der Waals surface area contributed by atoms with Gasteiger partial charge in [0.25, 0.3) is 5.91 Å². The van der Waals surface area contributed by atoms with E-state index in [9.17, 15) is 44.4 Å². The number of aromatic hydroxyl groups is 1. The second kappa shape index (κ2) is 11.7. The Hall–Kier alpha value is -3.66. The fourth-order valence-corrected chi connectivity index (χ4v) is 7.24. The summed E-state index contributed by atoms with van der Waals surface area (Å²) in [6.45, 7) is 0. The molecule has 0 fully saturated rings. The van der Waals surface area contributed by atoms with Crippen molar-refractivity contribution < 1.29 is 49.1 Å². The van der Waals surface area contributed by atoms with E-state index in [1.54, 1.807) is 19.0 Å². The molecule has 0 aromatic heterocycles. The Bertz CT molecular complexity index is 1570. The summed E-state index contributed by atoms with van der Waals surface area (Å²) in [5.41, 5.74) is 1.14. The summed E-state index contributed by atoms with van der Waals surface area (Å²) in [6.07, 6.45) is -0.464. The molecule has 0 heterocycles. The maximum Gasteiger partial charge on any atom is 0.307 e. The zero-order valence-electron chi connectivity index (χ0n) is 24.4. The topological polar surface area (TPSA) is 220 Å². The van der Waals surface area contributed by atoms with Crippen molar-refractivity contribution in [3.63, 3.8) is 0 Å². The second-order valence-electron chi connectivity index (χ2n) is 11.3. The standard InChI is InChI=1S/C28H32BrClN4O10/c1-33(2)19-10-6-9-7-11-20(34(3)4)23(38)16(26(31)41)25(40)28(11,43)24(39)14(9)21(36)15(10)22(37)18(17(19)30)32-27(42)12(29)8-13(35)44-5/h9,11-12,20,37-39,43H,6-8H2,1-5H3,(H2,31,41)(H,32,42)/t9?,11?,12?,20-,28-/m0/s1. The van der Waals surface area contributed by atoms with Crippen molar-refractivity contribution in [1.82, 2.24) is 4.90 Å². The number of likely N-dealkylation sites (N-methyl/N-ethyl adjacent to an activating group) is 1. The number of aliphatic hydroxyl groups is 3. The van der Waals surface area contributed by atoms with Crippen LogP contribution < -0.4 is 16.0 Å². The van der Waals surface area contributed by atoms with Gasteiger partial charge < -0.3 is 41.1 Å². The lowest BCUT2D eigenvalue weighted by molar-refractivity contribution is -0.148. The number of ether oxygens (including phenoxy) is 1. The second-order valence-corrected chi connectivity index (χ2v) is 12.8. The van der Waals surface area contributed by atoms with Crippen LogP contribution in [0.4, 0.5) is 11.4 Å². The number of carbonyl (C=O) groups is 5. The number of anilines is 2. The molecule has 5 atom stereocenters. The number of aliphatic hydroxyl groups excluding tert-OH is 2. The molecule has 3 unspecified atom stereocenters. The van der Waals surface area contributed by atoms with E-state index in [0.29, 0.717) is 0 Å². The molecule has 1 aromatic rings. The van der Waals surface area contributed by atoms with Crippen LogP contribution in [0.15, 0.2) is 22.7 Å². The number of phenols is 1. The zero-order chi connectivity index (χ0) is 33.2. The number of allylic oxidation sites excluding steroid dienone is 1.